The van der Waals surface area contributed by atoms with Gasteiger partial charge in [0.25, 0.3) is 0 Å². The minimum Gasteiger partial charge on any atom is -0.327 e. The van der Waals surface area contributed by atoms with Crippen LogP contribution in [0, 0.1) is 0 Å². The molecule has 1 atom stereocenters. The van der Waals surface area contributed by atoms with Crippen molar-refractivity contribution in [2.24, 2.45) is 5.73 Å². The lowest BCUT2D eigenvalue weighted by Crippen LogP contribution is -2.16. The van der Waals surface area contributed by atoms with Crippen molar-refractivity contribution in [1.82, 2.24) is 9.55 Å². The summed E-state index contributed by atoms with van der Waals surface area (Å²) in [4.78, 5) is 4.82. The lowest BCUT2D eigenvalue weighted by Gasteiger charge is -2.12. The summed E-state index contributed by atoms with van der Waals surface area (Å²) in [5, 5.41) is 0. The van der Waals surface area contributed by atoms with E-state index < -0.39 is 0 Å². The minimum absolute atomic E-state index is 0.0461. The quantitative estimate of drug-likeness (QED) is 0.849. The Morgan fingerprint density at radius 2 is 2.00 bits per heavy atom. The first-order chi connectivity index (χ1) is 9.58. The van der Waals surface area contributed by atoms with Crippen LogP contribution in [0.1, 0.15) is 70.3 Å². The summed E-state index contributed by atoms with van der Waals surface area (Å²) in [6, 6.07) is 6.66. The van der Waals surface area contributed by atoms with Crippen molar-refractivity contribution in [3.63, 3.8) is 0 Å². The number of aryl methyl sites for hydroxylation is 1. The van der Waals surface area contributed by atoms with Crippen molar-refractivity contribution >= 4 is 11.0 Å². The number of imidazole rings is 1. The Morgan fingerprint density at radius 1 is 1.25 bits per heavy atom. The molecule has 2 aromatic rings. The van der Waals surface area contributed by atoms with E-state index in [0.717, 1.165) is 30.7 Å². The van der Waals surface area contributed by atoms with Gasteiger partial charge in [-0.05, 0) is 37.0 Å². The number of fused-ring (bicyclic) bond motifs is 1. The molecule has 0 spiro atoms. The van der Waals surface area contributed by atoms with Crippen LogP contribution < -0.4 is 5.73 Å². The molecule has 1 heterocycles. The highest BCUT2D eigenvalue weighted by Crippen LogP contribution is 2.25. The van der Waals surface area contributed by atoms with Crippen molar-refractivity contribution < 1.29 is 0 Å². The fourth-order valence-electron chi connectivity index (χ4n) is 2.69. The molecule has 1 aromatic heterocycles. The van der Waals surface area contributed by atoms with E-state index >= 15 is 0 Å². The minimum atomic E-state index is 0.0461. The van der Waals surface area contributed by atoms with Gasteiger partial charge in [0.05, 0.1) is 17.1 Å². The number of unbranched alkanes of at least 4 members (excludes halogenated alkanes) is 1. The maximum Gasteiger partial charge on any atom is 0.126 e. The van der Waals surface area contributed by atoms with Crippen molar-refractivity contribution in [3.8, 4) is 0 Å². The predicted molar refractivity (Wildman–Crippen MR) is 85.9 cm³/mol. The zero-order chi connectivity index (χ0) is 14.7. The van der Waals surface area contributed by atoms with Gasteiger partial charge in [-0.15, -0.1) is 0 Å². The SMILES string of the molecule is CCCCC(N)c1nc2cc(C(C)C)ccc2n1CC. The summed E-state index contributed by atoms with van der Waals surface area (Å²) >= 11 is 0. The van der Waals surface area contributed by atoms with E-state index in [2.05, 4.69) is 50.5 Å². The molecular weight excluding hydrogens is 246 g/mol. The fourth-order valence-corrected chi connectivity index (χ4v) is 2.69. The summed E-state index contributed by atoms with van der Waals surface area (Å²) in [5.41, 5.74) is 9.97. The van der Waals surface area contributed by atoms with Gasteiger partial charge in [-0.2, -0.15) is 0 Å². The number of benzene rings is 1. The van der Waals surface area contributed by atoms with E-state index in [-0.39, 0.29) is 6.04 Å². The topological polar surface area (TPSA) is 43.8 Å². The van der Waals surface area contributed by atoms with Gasteiger partial charge in [-0.25, -0.2) is 4.98 Å². The molecule has 0 aliphatic carbocycles. The normalized spacial score (nSPS) is 13.3. The molecule has 0 saturated carbocycles. The molecule has 0 amide bonds. The van der Waals surface area contributed by atoms with Gasteiger partial charge in [0.1, 0.15) is 5.82 Å². The molecule has 0 saturated heterocycles. The summed E-state index contributed by atoms with van der Waals surface area (Å²) in [5.74, 6) is 1.57. The van der Waals surface area contributed by atoms with Crippen LogP contribution in [0.2, 0.25) is 0 Å². The van der Waals surface area contributed by atoms with Crippen LogP contribution in [-0.2, 0) is 6.54 Å². The standard InChI is InChI=1S/C17H27N3/c1-5-7-8-14(18)17-19-15-11-13(12(3)4)9-10-16(15)20(17)6-2/h9-12,14H,5-8,18H2,1-4H3. The van der Waals surface area contributed by atoms with E-state index in [9.17, 15) is 0 Å². The van der Waals surface area contributed by atoms with Gasteiger partial charge in [0, 0.05) is 6.54 Å². The Balaban J connectivity index is 2.44. The summed E-state index contributed by atoms with van der Waals surface area (Å²) in [6.45, 7) is 9.71. The molecule has 2 N–H and O–H groups in total. The molecule has 3 heteroatoms. The molecule has 0 bridgehead atoms. The molecule has 2 rings (SSSR count). The van der Waals surface area contributed by atoms with Crippen LogP contribution >= 0.6 is 0 Å². The highest BCUT2D eigenvalue weighted by atomic mass is 15.1. The zero-order valence-corrected chi connectivity index (χ0v) is 13.2. The maximum atomic E-state index is 6.34. The van der Waals surface area contributed by atoms with Crippen LogP contribution in [0.3, 0.4) is 0 Å². The predicted octanol–water partition coefficient (Wildman–Crippen LogP) is 4.37. The number of hydrogen-bond donors (Lipinski definition) is 1. The van der Waals surface area contributed by atoms with Gasteiger partial charge in [-0.1, -0.05) is 39.7 Å². The van der Waals surface area contributed by atoms with E-state index in [1.165, 1.54) is 17.5 Å². The molecule has 110 valence electrons. The Kier molecular flexibility index (Phi) is 4.81. The van der Waals surface area contributed by atoms with Gasteiger partial charge < -0.3 is 10.3 Å². The van der Waals surface area contributed by atoms with Crippen molar-refractivity contribution in [2.75, 3.05) is 0 Å². The van der Waals surface area contributed by atoms with Gasteiger partial charge >= 0.3 is 0 Å². The maximum absolute atomic E-state index is 6.34. The Bertz CT molecular complexity index is 569. The zero-order valence-electron chi connectivity index (χ0n) is 13.2. The van der Waals surface area contributed by atoms with Crippen LogP contribution in [0.4, 0.5) is 0 Å². The lowest BCUT2D eigenvalue weighted by molar-refractivity contribution is 0.547. The first kappa shape index (κ1) is 15.0. The smallest absolute Gasteiger partial charge is 0.126 e. The van der Waals surface area contributed by atoms with Gasteiger partial charge in [-0.3, -0.25) is 0 Å². The molecule has 0 radical (unpaired) electrons. The highest BCUT2D eigenvalue weighted by molar-refractivity contribution is 5.77. The first-order valence-corrected chi connectivity index (χ1v) is 7.84. The number of rotatable bonds is 6. The fraction of sp³-hybridized carbons (Fsp3) is 0.588. The Labute approximate surface area is 122 Å². The lowest BCUT2D eigenvalue weighted by atomic mass is 10.0. The van der Waals surface area contributed by atoms with Crippen molar-refractivity contribution in [3.05, 3.63) is 29.6 Å². The van der Waals surface area contributed by atoms with Crippen LogP contribution in [0.5, 0.6) is 0 Å². The number of hydrogen-bond acceptors (Lipinski definition) is 2. The Morgan fingerprint density at radius 3 is 2.60 bits per heavy atom. The van der Waals surface area contributed by atoms with E-state index in [0.29, 0.717) is 5.92 Å². The first-order valence-electron chi connectivity index (χ1n) is 7.84. The third-order valence-electron chi connectivity index (χ3n) is 3.99. The summed E-state index contributed by atoms with van der Waals surface area (Å²) in [7, 11) is 0. The van der Waals surface area contributed by atoms with E-state index in [4.69, 9.17) is 10.7 Å². The number of aromatic nitrogens is 2. The Hall–Kier alpha value is -1.35. The van der Waals surface area contributed by atoms with Crippen LogP contribution in [-0.4, -0.2) is 9.55 Å². The second-order valence-corrected chi connectivity index (χ2v) is 5.87. The van der Waals surface area contributed by atoms with E-state index in [1.54, 1.807) is 0 Å². The number of nitrogens with two attached hydrogens (primary N) is 1. The highest BCUT2D eigenvalue weighted by Gasteiger charge is 2.16. The van der Waals surface area contributed by atoms with Crippen LogP contribution in [0.25, 0.3) is 11.0 Å². The molecule has 20 heavy (non-hydrogen) atoms. The molecule has 1 aromatic carbocycles. The van der Waals surface area contributed by atoms with Gasteiger partial charge in [0.15, 0.2) is 0 Å². The summed E-state index contributed by atoms with van der Waals surface area (Å²) in [6.07, 6.45) is 3.35. The molecule has 3 nitrogen and oxygen atoms in total. The third kappa shape index (κ3) is 2.88. The van der Waals surface area contributed by atoms with Crippen molar-refractivity contribution in [1.29, 1.82) is 0 Å². The number of nitrogens with zero attached hydrogens (tertiary/aromatic N) is 2. The average Bonchev–Trinajstić information content (AvgIpc) is 2.82. The monoisotopic (exact) mass is 273 g/mol. The molecule has 0 fully saturated rings. The molecule has 1 unspecified atom stereocenters. The third-order valence-corrected chi connectivity index (χ3v) is 3.99. The van der Waals surface area contributed by atoms with Crippen molar-refractivity contribution in [2.45, 2.75) is 65.5 Å². The molecule has 0 aliphatic rings. The van der Waals surface area contributed by atoms with E-state index in [1.807, 2.05) is 0 Å². The largest absolute Gasteiger partial charge is 0.327 e. The second kappa shape index (κ2) is 6.40. The summed E-state index contributed by atoms with van der Waals surface area (Å²) < 4.78 is 2.26. The average molecular weight is 273 g/mol. The second-order valence-electron chi connectivity index (χ2n) is 5.87. The van der Waals surface area contributed by atoms with Gasteiger partial charge in [0.2, 0.25) is 0 Å². The molecule has 0 aliphatic heterocycles. The van der Waals surface area contributed by atoms with Crippen LogP contribution in [0.15, 0.2) is 18.2 Å². The molecular formula is C17H27N3.